The smallest absolute Gasteiger partial charge is 0.303 e. The van der Waals surface area contributed by atoms with Gasteiger partial charge in [0.15, 0.2) is 12.9 Å². The first kappa shape index (κ1) is 9.26. The fraction of sp³-hybridized carbons (Fsp3) is 0.250. The second kappa shape index (κ2) is 6.38. The van der Waals surface area contributed by atoms with Gasteiger partial charge in [-0.05, 0) is 23.7 Å². The molecule has 3 nitrogen and oxygen atoms in total. The van der Waals surface area contributed by atoms with E-state index < -0.39 is 0 Å². The van der Waals surface area contributed by atoms with Gasteiger partial charge >= 0.3 is 5.97 Å². The van der Waals surface area contributed by atoms with Gasteiger partial charge in [0.25, 0.3) is 0 Å². The summed E-state index contributed by atoms with van der Waals surface area (Å²) in [7, 11) is 0. The van der Waals surface area contributed by atoms with Crippen molar-refractivity contribution in [3.8, 4) is 23.7 Å². The van der Waals surface area contributed by atoms with Crippen molar-refractivity contribution in [3.05, 3.63) is 0 Å². The molecular formula is C8H6O3. The van der Waals surface area contributed by atoms with Gasteiger partial charge in [0, 0.05) is 6.92 Å². The molecule has 0 aromatic carbocycles. The van der Waals surface area contributed by atoms with E-state index in [1.807, 2.05) is 0 Å². The minimum atomic E-state index is -0.386. The van der Waals surface area contributed by atoms with Crippen LogP contribution in [0.5, 0.6) is 0 Å². The highest BCUT2D eigenvalue weighted by Gasteiger charge is 1.84. The molecule has 0 unspecified atom stereocenters. The highest BCUT2D eigenvalue weighted by atomic mass is 16.5. The molecule has 0 atom stereocenters. The normalized spacial score (nSPS) is 6.27. The molecule has 0 saturated heterocycles. The van der Waals surface area contributed by atoms with Gasteiger partial charge in [0.2, 0.25) is 0 Å². The molecule has 0 saturated carbocycles. The topological polar surface area (TPSA) is 43.4 Å². The van der Waals surface area contributed by atoms with E-state index in [2.05, 4.69) is 28.4 Å². The summed E-state index contributed by atoms with van der Waals surface area (Å²) in [6.07, 6.45) is 0.445. The van der Waals surface area contributed by atoms with E-state index in [0.29, 0.717) is 6.29 Å². The predicted octanol–water partition coefficient (Wildman–Crippen LogP) is -0.245. The number of aldehydes is 1. The Morgan fingerprint density at radius 2 is 2.27 bits per heavy atom. The molecule has 0 heterocycles. The highest BCUT2D eigenvalue weighted by Crippen LogP contribution is 1.71. The van der Waals surface area contributed by atoms with Crippen molar-refractivity contribution in [1.29, 1.82) is 0 Å². The minimum absolute atomic E-state index is 0.0167. The molecule has 0 aromatic rings. The van der Waals surface area contributed by atoms with Crippen molar-refractivity contribution >= 4 is 12.3 Å². The van der Waals surface area contributed by atoms with Gasteiger partial charge in [0.05, 0.1) is 0 Å². The van der Waals surface area contributed by atoms with E-state index in [4.69, 9.17) is 0 Å². The Hall–Kier alpha value is -1.74. The van der Waals surface area contributed by atoms with Crippen molar-refractivity contribution in [3.63, 3.8) is 0 Å². The zero-order chi connectivity index (χ0) is 8.53. The van der Waals surface area contributed by atoms with Gasteiger partial charge in [-0.15, -0.1) is 0 Å². The lowest BCUT2D eigenvalue weighted by Gasteiger charge is -1.89. The Bertz CT molecular complexity index is 257. The average Bonchev–Trinajstić information content (AvgIpc) is 1.96. The van der Waals surface area contributed by atoms with Gasteiger partial charge in [-0.3, -0.25) is 9.59 Å². The summed E-state index contributed by atoms with van der Waals surface area (Å²) in [4.78, 5) is 19.8. The first-order valence-electron chi connectivity index (χ1n) is 2.82. The molecule has 0 aliphatic heterocycles. The van der Waals surface area contributed by atoms with Crippen LogP contribution in [-0.2, 0) is 14.3 Å². The van der Waals surface area contributed by atoms with E-state index in [-0.39, 0.29) is 12.6 Å². The van der Waals surface area contributed by atoms with E-state index in [0.717, 1.165) is 0 Å². The molecule has 0 spiro atoms. The van der Waals surface area contributed by atoms with Crippen LogP contribution < -0.4 is 0 Å². The van der Waals surface area contributed by atoms with Gasteiger partial charge in [-0.1, -0.05) is 0 Å². The summed E-state index contributed by atoms with van der Waals surface area (Å²) < 4.78 is 4.45. The van der Waals surface area contributed by atoms with E-state index in [9.17, 15) is 9.59 Å². The Kier molecular flexibility index (Phi) is 5.37. The summed E-state index contributed by atoms with van der Waals surface area (Å²) >= 11 is 0. The van der Waals surface area contributed by atoms with Crippen LogP contribution in [0.3, 0.4) is 0 Å². The lowest BCUT2D eigenvalue weighted by atomic mass is 10.5. The Labute approximate surface area is 64.7 Å². The predicted molar refractivity (Wildman–Crippen MR) is 38.2 cm³/mol. The molecule has 0 aromatic heterocycles. The maximum atomic E-state index is 10.2. The van der Waals surface area contributed by atoms with Crippen molar-refractivity contribution in [2.45, 2.75) is 6.92 Å². The second-order valence-corrected chi connectivity index (χ2v) is 1.47. The molecule has 11 heavy (non-hydrogen) atoms. The molecule has 56 valence electrons. The molecule has 0 rings (SSSR count). The van der Waals surface area contributed by atoms with E-state index in [1.54, 1.807) is 0 Å². The van der Waals surface area contributed by atoms with Crippen molar-refractivity contribution < 1.29 is 14.3 Å². The minimum Gasteiger partial charge on any atom is -0.453 e. The van der Waals surface area contributed by atoms with E-state index in [1.165, 1.54) is 6.92 Å². The van der Waals surface area contributed by atoms with Crippen molar-refractivity contribution in [1.82, 2.24) is 0 Å². The molecule has 0 N–H and O–H groups in total. The third-order valence-electron chi connectivity index (χ3n) is 0.630. The van der Waals surface area contributed by atoms with Crippen LogP contribution in [0.15, 0.2) is 0 Å². The van der Waals surface area contributed by atoms with E-state index >= 15 is 0 Å². The zero-order valence-corrected chi connectivity index (χ0v) is 6.01. The maximum absolute atomic E-state index is 10.2. The average molecular weight is 150 g/mol. The summed E-state index contributed by atoms with van der Waals surface area (Å²) in [6.45, 7) is 1.31. The fourth-order valence-corrected chi connectivity index (χ4v) is 0.284. The Morgan fingerprint density at radius 3 is 2.82 bits per heavy atom. The number of hydrogen-bond acceptors (Lipinski definition) is 3. The lowest BCUT2D eigenvalue weighted by Crippen LogP contribution is -1.97. The first-order chi connectivity index (χ1) is 5.27. The molecule has 0 fully saturated rings. The van der Waals surface area contributed by atoms with Crippen LogP contribution >= 0.6 is 0 Å². The highest BCUT2D eigenvalue weighted by molar-refractivity contribution is 5.73. The van der Waals surface area contributed by atoms with Crippen molar-refractivity contribution in [2.24, 2.45) is 0 Å². The third-order valence-corrected chi connectivity index (χ3v) is 0.630. The number of carbonyl (C=O) groups is 2. The number of ether oxygens (including phenoxy) is 1. The third kappa shape index (κ3) is 8.26. The number of rotatable bonds is 1. The quantitative estimate of drug-likeness (QED) is 0.294. The SMILES string of the molecule is CC(=O)OCC#CC#CC=O. The molecule has 0 amide bonds. The summed E-state index contributed by atoms with van der Waals surface area (Å²) in [5, 5.41) is 0. The largest absolute Gasteiger partial charge is 0.453 e. The monoisotopic (exact) mass is 150 g/mol. The lowest BCUT2D eigenvalue weighted by molar-refractivity contribution is -0.139. The molecule has 0 aliphatic rings. The van der Waals surface area contributed by atoms with Crippen LogP contribution in [0.4, 0.5) is 0 Å². The van der Waals surface area contributed by atoms with Crippen LogP contribution in [-0.4, -0.2) is 18.9 Å². The maximum Gasteiger partial charge on any atom is 0.303 e. The number of hydrogen-bond donors (Lipinski definition) is 0. The first-order valence-corrected chi connectivity index (χ1v) is 2.82. The van der Waals surface area contributed by atoms with Crippen LogP contribution in [0.1, 0.15) is 6.92 Å². The molecule has 0 bridgehead atoms. The second-order valence-electron chi connectivity index (χ2n) is 1.47. The van der Waals surface area contributed by atoms with Gasteiger partial charge in [-0.25, -0.2) is 0 Å². The summed E-state index contributed by atoms with van der Waals surface area (Å²) in [5.41, 5.74) is 0. The Morgan fingerprint density at radius 1 is 1.55 bits per heavy atom. The van der Waals surface area contributed by atoms with Crippen LogP contribution in [0, 0.1) is 23.7 Å². The number of esters is 1. The standard InChI is InChI=1S/C8H6O3/c1-8(10)11-7-5-3-2-4-6-9/h6H,7H2,1H3. The summed E-state index contributed by atoms with van der Waals surface area (Å²) in [6, 6.07) is 0. The molecule has 0 radical (unpaired) electrons. The van der Waals surface area contributed by atoms with Gasteiger partial charge in [-0.2, -0.15) is 0 Å². The molecule has 0 aliphatic carbocycles. The van der Waals surface area contributed by atoms with Crippen LogP contribution in [0.2, 0.25) is 0 Å². The Balaban J connectivity index is 3.56. The van der Waals surface area contributed by atoms with Crippen molar-refractivity contribution in [2.75, 3.05) is 6.61 Å². The number of carbonyl (C=O) groups excluding carboxylic acids is 2. The fourth-order valence-electron chi connectivity index (χ4n) is 0.284. The zero-order valence-electron chi connectivity index (χ0n) is 6.01. The molecular weight excluding hydrogens is 144 g/mol. The summed E-state index contributed by atoms with van der Waals surface area (Å²) in [5.74, 6) is 8.69. The van der Waals surface area contributed by atoms with Gasteiger partial charge < -0.3 is 4.74 Å². The molecule has 3 heteroatoms. The van der Waals surface area contributed by atoms with Gasteiger partial charge in [0.1, 0.15) is 0 Å². The van der Waals surface area contributed by atoms with Crippen LogP contribution in [0.25, 0.3) is 0 Å².